The van der Waals surface area contributed by atoms with Crippen LogP contribution in [0.15, 0.2) is 76.4 Å². The van der Waals surface area contributed by atoms with Gasteiger partial charge in [0.05, 0.1) is 16.6 Å². The molecule has 1 heterocycles. The van der Waals surface area contributed by atoms with Crippen LogP contribution < -0.4 is 5.56 Å². The number of H-pyrrole nitrogens is 1. The highest BCUT2D eigenvalue weighted by Gasteiger charge is 2.31. The number of thioether (sulfide) groups is 1. The SMILES string of the molecule is CCN(Cc1ccccc1)CC(O)CSc1c(-c2cc(Cl)ccc2O)c2cc(C(F)(F)F)ccc2[nH]c1=O. The standard InChI is InChI=1S/C28H26ClF3N2O3S/c1-2-34(14-17-6-4-3-5-7-17)15-20(35)16-38-26-25(22-13-19(29)9-11-24(22)36)21-12-18(28(30,31)32)8-10-23(21)33-27(26)37/h3-13,20,35-36H,2,14-16H2,1H3,(H,33,37). The van der Waals surface area contributed by atoms with Crippen molar-refractivity contribution >= 4 is 34.3 Å². The van der Waals surface area contributed by atoms with E-state index in [9.17, 15) is 28.2 Å². The zero-order valence-corrected chi connectivity index (χ0v) is 22.0. The van der Waals surface area contributed by atoms with Crippen LogP contribution in [-0.4, -0.2) is 45.0 Å². The highest BCUT2D eigenvalue weighted by atomic mass is 35.5. The Morgan fingerprint density at radius 2 is 1.82 bits per heavy atom. The minimum atomic E-state index is -4.61. The van der Waals surface area contributed by atoms with Crippen molar-refractivity contribution in [3.63, 3.8) is 0 Å². The number of aromatic nitrogens is 1. The van der Waals surface area contributed by atoms with Crippen molar-refractivity contribution in [1.82, 2.24) is 9.88 Å². The topological polar surface area (TPSA) is 76.6 Å². The molecule has 0 bridgehead atoms. The van der Waals surface area contributed by atoms with Gasteiger partial charge < -0.3 is 15.2 Å². The molecule has 0 aliphatic rings. The number of phenols is 1. The van der Waals surface area contributed by atoms with Gasteiger partial charge in [-0.2, -0.15) is 13.2 Å². The molecule has 3 N–H and O–H groups in total. The maximum atomic E-state index is 13.6. The lowest BCUT2D eigenvalue weighted by atomic mass is 9.98. The number of phenolic OH excluding ortho intramolecular Hbond substituents is 1. The summed E-state index contributed by atoms with van der Waals surface area (Å²) >= 11 is 7.17. The van der Waals surface area contributed by atoms with Gasteiger partial charge >= 0.3 is 6.18 Å². The zero-order chi connectivity index (χ0) is 27.4. The summed E-state index contributed by atoms with van der Waals surface area (Å²) in [5.74, 6) is -0.131. The quantitative estimate of drug-likeness (QED) is 0.202. The summed E-state index contributed by atoms with van der Waals surface area (Å²) in [6.45, 7) is 3.64. The van der Waals surface area contributed by atoms with Gasteiger partial charge in [0.25, 0.3) is 5.56 Å². The molecule has 0 spiro atoms. The Balaban J connectivity index is 1.70. The molecule has 4 aromatic rings. The van der Waals surface area contributed by atoms with Gasteiger partial charge in [0.2, 0.25) is 0 Å². The molecule has 4 rings (SSSR count). The molecule has 38 heavy (non-hydrogen) atoms. The van der Waals surface area contributed by atoms with Crippen LogP contribution in [0.25, 0.3) is 22.0 Å². The smallest absolute Gasteiger partial charge is 0.416 e. The highest BCUT2D eigenvalue weighted by Crippen LogP contribution is 2.42. The predicted octanol–water partition coefficient (Wildman–Crippen LogP) is 6.55. The van der Waals surface area contributed by atoms with Crippen LogP contribution in [0.4, 0.5) is 13.2 Å². The van der Waals surface area contributed by atoms with E-state index in [0.717, 1.165) is 29.5 Å². The fourth-order valence-corrected chi connectivity index (χ4v) is 5.43. The van der Waals surface area contributed by atoms with Gasteiger partial charge in [0.15, 0.2) is 0 Å². The lowest BCUT2D eigenvalue weighted by Crippen LogP contribution is -2.33. The van der Waals surface area contributed by atoms with E-state index < -0.39 is 23.4 Å². The van der Waals surface area contributed by atoms with E-state index in [0.29, 0.717) is 19.6 Å². The number of nitrogens with zero attached hydrogens (tertiary/aromatic N) is 1. The first-order chi connectivity index (χ1) is 18.1. The van der Waals surface area contributed by atoms with Crippen LogP contribution >= 0.6 is 23.4 Å². The monoisotopic (exact) mass is 562 g/mol. The fourth-order valence-electron chi connectivity index (χ4n) is 4.24. The number of fused-ring (bicyclic) bond motifs is 1. The van der Waals surface area contributed by atoms with Crippen LogP contribution in [0, 0.1) is 0 Å². The van der Waals surface area contributed by atoms with E-state index in [1.54, 1.807) is 0 Å². The van der Waals surface area contributed by atoms with Gasteiger partial charge in [0.1, 0.15) is 5.75 Å². The summed E-state index contributed by atoms with van der Waals surface area (Å²) in [6.07, 6.45) is -5.44. The Kier molecular flexibility index (Phi) is 8.72. The molecule has 3 aromatic carbocycles. The normalized spacial score (nSPS) is 12.8. The Hall–Kier alpha value is -2.98. The second-order valence-electron chi connectivity index (χ2n) is 8.86. The molecule has 0 saturated heterocycles. The van der Waals surface area contributed by atoms with Crippen LogP contribution in [0.1, 0.15) is 18.1 Å². The maximum Gasteiger partial charge on any atom is 0.416 e. The third-order valence-electron chi connectivity index (χ3n) is 6.11. The molecule has 10 heteroatoms. The molecule has 0 saturated carbocycles. The molecule has 0 amide bonds. The van der Waals surface area contributed by atoms with Crippen LogP contribution in [0.2, 0.25) is 5.02 Å². The van der Waals surface area contributed by atoms with Crippen molar-refractivity contribution in [3.8, 4) is 16.9 Å². The summed E-state index contributed by atoms with van der Waals surface area (Å²) in [5, 5.41) is 21.8. The number of nitrogens with one attached hydrogen (secondary N) is 1. The molecule has 1 atom stereocenters. The fraction of sp³-hybridized carbons (Fsp3) is 0.250. The Morgan fingerprint density at radius 1 is 1.08 bits per heavy atom. The number of hydrogen-bond acceptors (Lipinski definition) is 5. The number of aliphatic hydroxyl groups is 1. The molecule has 5 nitrogen and oxygen atoms in total. The molecule has 0 aliphatic heterocycles. The highest BCUT2D eigenvalue weighted by molar-refractivity contribution is 7.99. The average Bonchev–Trinajstić information content (AvgIpc) is 2.88. The minimum absolute atomic E-state index is 0.0829. The van der Waals surface area contributed by atoms with Crippen molar-refractivity contribution in [3.05, 3.63) is 93.2 Å². The number of aromatic hydroxyl groups is 1. The summed E-state index contributed by atoms with van der Waals surface area (Å²) < 4.78 is 40.7. The van der Waals surface area contributed by atoms with Crippen molar-refractivity contribution in [1.29, 1.82) is 0 Å². The third-order valence-corrected chi connectivity index (χ3v) is 7.58. The summed E-state index contributed by atoms with van der Waals surface area (Å²) in [4.78, 5) is 17.9. The molecule has 0 fully saturated rings. The maximum absolute atomic E-state index is 13.6. The van der Waals surface area contributed by atoms with E-state index >= 15 is 0 Å². The van der Waals surface area contributed by atoms with Crippen molar-refractivity contribution in [2.24, 2.45) is 0 Å². The molecular formula is C28H26ClF3N2O3S. The minimum Gasteiger partial charge on any atom is -0.507 e. The van der Waals surface area contributed by atoms with Gasteiger partial charge in [-0.1, -0.05) is 48.9 Å². The van der Waals surface area contributed by atoms with Gasteiger partial charge in [-0.3, -0.25) is 9.69 Å². The molecule has 200 valence electrons. The summed E-state index contributed by atoms with van der Waals surface area (Å²) in [5.41, 5.74) is 0.102. The van der Waals surface area contributed by atoms with Crippen molar-refractivity contribution in [2.45, 2.75) is 30.6 Å². The summed E-state index contributed by atoms with van der Waals surface area (Å²) in [7, 11) is 0. The van der Waals surface area contributed by atoms with Crippen LogP contribution in [0.3, 0.4) is 0 Å². The van der Waals surface area contributed by atoms with Gasteiger partial charge in [-0.05, 0) is 48.5 Å². The molecule has 0 aliphatic carbocycles. The van der Waals surface area contributed by atoms with Crippen LogP contribution in [0.5, 0.6) is 5.75 Å². The van der Waals surface area contributed by atoms with E-state index in [1.807, 2.05) is 37.3 Å². The summed E-state index contributed by atoms with van der Waals surface area (Å²) in [6, 6.07) is 17.0. The van der Waals surface area contributed by atoms with Crippen LogP contribution in [-0.2, 0) is 12.7 Å². The van der Waals surface area contributed by atoms with Gasteiger partial charge in [-0.15, -0.1) is 11.8 Å². The molecule has 0 radical (unpaired) electrons. The number of pyridine rings is 1. The third kappa shape index (κ3) is 6.53. The zero-order valence-electron chi connectivity index (χ0n) is 20.4. The second-order valence-corrected chi connectivity index (χ2v) is 10.3. The first-order valence-corrected chi connectivity index (χ1v) is 13.3. The average molecular weight is 563 g/mol. The molecule has 1 aromatic heterocycles. The number of aliphatic hydroxyl groups excluding tert-OH is 1. The number of alkyl halides is 3. The first-order valence-electron chi connectivity index (χ1n) is 11.9. The van der Waals surface area contributed by atoms with E-state index in [4.69, 9.17) is 11.6 Å². The predicted molar refractivity (Wildman–Crippen MR) is 146 cm³/mol. The Bertz CT molecular complexity index is 1480. The van der Waals surface area contributed by atoms with Gasteiger partial charge in [-0.25, -0.2) is 0 Å². The van der Waals surface area contributed by atoms with E-state index in [-0.39, 0.29) is 43.5 Å². The molecule has 1 unspecified atom stereocenters. The lowest BCUT2D eigenvalue weighted by molar-refractivity contribution is -0.137. The second kappa shape index (κ2) is 11.8. The lowest BCUT2D eigenvalue weighted by Gasteiger charge is -2.24. The number of likely N-dealkylation sites (N-methyl/N-ethyl adjacent to an activating group) is 1. The molecular weight excluding hydrogens is 537 g/mol. The number of hydrogen-bond donors (Lipinski definition) is 3. The number of aromatic amines is 1. The van der Waals surface area contributed by atoms with Gasteiger partial charge in [0, 0.05) is 45.9 Å². The first kappa shape index (κ1) is 28.0. The Labute approximate surface area is 226 Å². The van der Waals surface area contributed by atoms with E-state index in [2.05, 4.69) is 9.88 Å². The number of rotatable bonds is 9. The van der Waals surface area contributed by atoms with Crippen molar-refractivity contribution < 1.29 is 23.4 Å². The Morgan fingerprint density at radius 3 is 2.50 bits per heavy atom. The van der Waals surface area contributed by atoms with Crippen molar-refractivity contribution in [2.75, 3.05) is 18.8 Å². The largest absolute Gasteiger partial charge is 0.507 e. The van der Waals surface area contributed by atoms with E-state index in [1.165, 1.54) is 24.3 Å². The number of halogens is 4. The number of benzene rings is 3.